The van der Waals surface area contributed by atoms with Gasteiger partial charge in [0.25, 0.3) is 0 Å². The number of amides is 1. The highest BCUT2D eigenvalue weighted by Gasteiger charge is 2.10. The highest BCUT2D eigenvalue weighted by molar-refractivity contribution is 7.97. The molecule has 4 nitrogen and oxygen atoms in total. The van der Waals surface area contributed by atoms with E-state index in [-0.39, 0.29) is 11.7 Å². The van der Waals surface area contributed by atoms with Crippen LogP contribution in [0.15, 0.2) is 16.5 Å². The molecule has 0 saturated carbocycles. The lowest BCUT2D eigenvalue weighted by molar-refractivity contribution is 0.0188. The molecule has 0 spiro atoms. The van der Waals surface area contributed by atoms with Gasteiger partial charge in [0.15, 0.2) is 5.76 Å². The number of carbonyl (C=O) groups is 1. The van der Waals surface area contributed by atoms with Crippen molar-refractivity contribution < 1.29 is 14.0 Å². The van der Waals surface area contributed by atoms with Crippen LogP contribution in [0.4, 0.5) is 0 Å². The van der Waals surface area contributed by atoms with Crippen molar-refractivity contribution >= 4 is 17.7 Å². The Kier molecular flexibility index (Phi) is 5.42. The van der Waals surface area contributed by atoms with Gasteiger partial charge < -0.3 is 4.42 Å². The zero-order valence-electron chi connectivity index (χ0n) is 9.78. The van der Waals surface area contributed by atoms with Gasteiger partial charge in [-0.15, -0.1) is 0 Å². The van der Waals surface area contributed by atoms with Crippen molar-refractivity contribution in [3.8, 4) is 0 Å². The molecular formula is C11H17NO3S. The molecule has 1 amide bonds. The predicted molar refractivity (Wildman–Crippen MR) is 64.2 cm³/mol. The number of thioether (sulfide) groups is 1. The summed E-state index contributed by atoms with van der Waals surface area (Å²) in [6.45, 7) is 4.51. The lowest BCUT2D eigenvalue weighted by atomic mass is 10.2. The zero-order chi connectivity index (χ0) is 12.0. The Hall–Kier alpha value is -0.940. The Balaban J connectivity index is 2.40. The molecule has 1 aromatic heterocycles. The van der Waals surface area contributed by atoms with E-state index in [0.717, 1.165) is 11.5 Å². The number of hydrogen-bond donors (Lipinski definition) is 1. The molecule has 0 atom stereocenters. The van der Waals surface area contributed by atoms with E-state index in [2.05, 4.69) is 5.48 Å². The van der Waals surface area contributed by atoms with Crippen LogP contribution in [0.2, 0.25) is 0 Å². The minimum absolute atomic E-state index is 0.285. The highest BCUT2D eigenvalue weighted by Crippen LogP contribution is 2.13. The molecule has 5 heteroatoms. The van der Waals surface area contributed by atoms with Crippen molar-refractivity contribution in [1.82, 2.24) is 5.48 Å². The van der Waals surface area contributed by atoms with Crippen LogP contribution in [0.5, 0.6) is 0 Å². The van der Waals surface area contributed by atoms with Crippen molar-refractivity contribution in [3.05, 3.63) is 23.7 Å². The van der Waals surface area contributed by atoms with Crippen LogP contribution in [-0.2, 0) is 10.6 Å². The average Bonchev–Trinajstić information content (AvgIpc) is 2.66. The standard InChI is InChI=1S/C11H17NO3S/c1-8(2)6-14-12-11(13)10-5-4-9(15-10)7-16-3/h4-5,8H,6-7H2,1-3H3,(H,12,13). The van der Waals surface area contributed by atoms with E-state index in [1.54, 1.807) is 23.9 Å². The smallest absolute Gasteiger partial charge is 0.310 e. The molecule has 0 aliphatic rings. The quantitative estimate of drug-likeness (QED) is 0.780. The summed E-state index contributed by atoms with van der Waals surface area (Å²) in [5.74, 6) is 1.88. The summed E-state index contributed by atoms with van der Waals surface area (Å²) in [4.78, 5) is 16.5. The van der Waals surface area contributed by atoms with Crippen LogP contribution in [0.25, 0.3) is 0 Å². The van der Waals surface area contributed by atoms with Crippen molar-refractivity contribution in [2.75, 3.05) is 12.9 Å². The van der Waals surface area contributed by atoms with Crippen LogP contribution in [0.3, 0.4) is 0 Å². The van der Waals surface area contributed by atoms with E-state index in [4.69, 9.17) is 9.25 Å². The second-order valence-electron chi connectivity index (χ2n) is 3.84. The highest BCUT2D eigenvalue weighted by atomic mass is 32.2. The Morgan fingerprint density at radius 2 is 2.31 bits per heavy atom. The van der Waals surface area contributed by atoms with E-state index < -0.39 is 0 Å². The zero-order valence-corrected chi connectivity index (χ0v) is 10.6. The minimum atomic E-state index is -0.340. The Labute approximate surface area is 99.7 Å². The van der Waals surface area contributed by atoms with Crippen LogP contribution in [0, 0.1) is 5.92 Å². The monoisotopic (exact) mass is 243 g/mol. The second-order valence-corrected chi connectivity index (χ2v) is 4.70. The van der Waals surface area contributed by atoms with Gasteiger partial charge >= 0.3 is 5.91 Å². The summed E-state index contributed by atoms with van der Waals surface area (Å²) < 4.78 is 5.33. The second kappa shape index (κ2) is 6.60. The predicted octanol–water partition coefficient (Wildman–Crippen LogP) is 2.46. The molecule has 0 unspecified atom stereocenters. The number of hydroxylamine groups is 1. The first-order valence-electron chi connectivity index (χ1n) is 5.13. The van der Waals surface area contributed by atoms with Crippen molar-refractivity contribution in [1.29, 1.82) is 0 Å². The van der Waals surface area contributed by atoms with Gasteiger partial charge in [0, 0.05) is 0 Å². The van der Waals surface area contributed by atoms with Crippen LogP contribution >= 0.6 is 11.8 Å². The van der Waals surface area contributed by atoms with Crippen LogP contribution in [-0.4, -0.2) is 18.8 Å². The summed E-state index contributed by atoms with van der Waals surface area (Å²) in [6.07, 6.45) is 1.98. The Morgan fingerprint density at radius 1 is 1.56 bits per heavy atom. The molecule has 1 heterocycles. The Bertz CT molecular complexity index is 336. The lowest BCUT2D eigenvalue weighted by Gasteiger charge is -2.05. The van der Waals surface area contributed by atoms with E-state index in [9.17, 15) is 4.79 Å². The minimum Gasteiger partial charge on any atom is -0.455 e. The first kappa shape index (κ1) is 13.1. The molecule has 0 saturated heterocycles. The van der Waals surface area contributed by atoms with E-state index in [0.29, 0.717) is 12.5 Å². The lowest BCUT2D eigenvalue weighted by Crippen LogP contribution is -2.25. The van der Waals surface area contributed by atoms with E-state index in [1.165, 1.54) is 0 Å². The molecule has 1 aromatic rings. The van der Waals surface area contributed by atoms with Crippen molar-refractivity contribution in [2.24, 2.45) is 5.92 Å². The van der Waals surface area contributed by atoms with Gasteiger partial charge in [-0.3, -0.25) is 9.63 Å². The maximum atomic E-state index is 11.5. The normalized spacial score (nSPS) is 10.8. The molecule has 90 valence electrons. The maximum absolute atomic E-state index is 11.5. The van der Waals surface area contributed by atoms with Gasteiger partial charge in [-0.05, 0) is 24.3 Å². The Morgan fingerprint density at radius 3 is 2.94 bits per heavy atom. The number of furan rings is 1. The van der Waals surface area contributed by atoms with E-state index >= 15 is 0 Å². The molecule has 1 N–H and O–H groups in total. The van der Waals surface area contributed by atoms with E-state index in [1.807, 2.05) is 20.1 Å². The molecule has 0 aromatic carbocycles. The molecule has 0 fully saturated rings. The fourth-order valence-electron chi connectivity index (χ4n) is 1.04. The third-order valence-corrected chi connectivity index (χ3v) is 2.33. The fourth-order valence-corrected chi connectivity index (χ4v) is 1.48. The van der Waals surface area contributed by atoms with Crippen molar-refractivity contribution in [3.63, 3.8) is 0 Å². The van der Waals surface area contributed by atoms with Crippen LogP contribution in [0.1, 0.15) is 30.2 Å². The largest absolute Gasteiger partial charge is 0.455 e. The summed E-state index contributed by atoms with van der Waals surface area (Å²) in [5.41, 5.74) is 2.35. The van der Waals surface area contributed by atoms with Gasteiger partial charge in [-0.2, -0.15) is 11.8 Å². The molecule has 1 rings (SSSR count). The molecule has 0 aliphatic carbocycles. The number of hydrogen-bond acceptors (Lipinski definition) is 4. The number of carbonyl (C=O) groups excluding carboxylic acids is 1. The average molecular weight is 243 g/mol. The van der Waals surface area contributed by atoms with Gasteiger partial charge in [-0.25, -0.2) is 5.48 Å². The maximum Gasteiger partial charge on any atom is 0.310 e. The SMILES string of the molecule is CSCc1ccc(C(=O)NOCC(C)C)o1. The molecular weight excluding hydrogens is 226 g/mol. The number of rotatable bonds is 6. The topological polar surface area (TPSA) is 51.5 Å². The fraction of sp³-hybridized carbons (Fsp3) is 0.545. The van der Waals surface area contributed by atoms with Crippen molar-refractivity contribution in [2.45, 2.75) is 19.6 Å². The molecule has 0 radical (unpaired) electrons. The summed E-state index contributed by atoms with van der Waals surface area (Å²) in [6, 6.07) is 3.45. The molecule has 0 bridgehead atoms. The first-order chi connectivity index (χ1) is 7.63. The van der Waals surface area contributed by atoms with Gasteiger partial charge in [0.2, 0.25) is 0 Å². The summed E-state index contributed by atoms with van der Waals surface area (Å²) in [7, 11) is 0. The van der Waals surface area contributed by atoms with Gasteiger partial charge in [-0.1, -0.05) is 13.8 Å². The van der Waals surface area contributed by atoms with Gasteiger partial charge in [0.1, 0.15) is 5.76 Å². The third-order valence-electron chi connectivity index (χ3n) is 1.75. The first-order valence-corrected chi connectivity index (χ1v) is 6.52. The third kappa shape index (κ3) is 4.28. The number of nitrogens with one attached hydrogen (secondary N) is 1. The van der Waals surface area contributed by atoms with Crippen LogP contribution < -0.4 is 5.48 Å². The molecule has 16 heavy (non-hydrogen) atoms. The van der Waals surface area contributed by atoms with Gasteiger partial charge in [0.05, 0.1) is 12.4 Å². The molecule has 0 aliphatic heterocycles. The summed E-state index contributed by atoms with van der Waals surface area (Å²) >= 11 is 1.64. The summed E-state index contributed by atoms with van der Waals surface area (Å²) in [5, 5.41) is 0.